The van der Waals surface area contributed by atoms with E-state index >= 15 is 0 Å². The number of aromatic amines is 1. The lowest BCUT2D eigenvalue weighted by molar-refractivity contribution is -0.384. The number of rotatable bonds is 6. The summed E-state index contributed by atoms with van der Waals surface area (Å²) in [4.78, 5) is 19.5. The van der Waals surface area contributed by atoms with E-state index in [9.17, 15) is 10.1 Å². The molecule has 0 spiro atoms. The van der Waals surface area contributed by atoms with Crippen LogP contribution in [-0.4, -0.2) is 22.0 Å². The molecule has 0 amide bonds. The second-order valence-electron chi connectivity index (χ2n) is 8.93. The molecule has 0 unspecified atom stereocenters. The first kappa shape index (κ1) is 22.5. The Hall–Kier alpha value is -4.97. The molecule has 0 radical (unpaired) electrons. The predicted molar refractivity (Wildman–Crippen MR) is 147 cm³/mol. The van der Waals surface area contributed by atoms with E-state index in [1.807, 2.05) is 36.5 Å². The van der Waals surface area contributed by atoms with E-state index in [-0.39, 0.29) is 10.6 Å². The number of pyridine rings is 1. The average molecular weight is 486 g/mol. The van der Waals surface area contributed by atoms with Crippen LogP contribution in [0.4, 0.5) is 5.69 Å². The van der Waals surface area contributed by atoms with Crippen LogP contribution in [0.3, 0.4) is 0 Å². The monoisotopic (exact) mass is 485 g/mol. The van der Waals surface area contributed by atoms with Crippen LogP contribution in [0, 0.1) is 10.1 Å². The molecular formula is C31H23N3O3. The first-order chi connectivity index (χ1) is 18.1. The van der Waals surface area contributed by atoms with E-state index in [2.05, 4.69) is 47.4 Å². The first-order valence-corrected chi connectivity index (χ1v) is 12.0. The molecule has 6 nitrogen and oxygen atoms in total. The molecule has 180 valence electrons. The van der Waals surface area contributed by atoms with E-state index in [0.29, 0.717) is 0 Å². The van der Waals surface area contributed by atoms with Crippen LogP contribution in [0.5, 0.6) is 5.75 Å². The number of nitrogens with one attached hydrogen (secondary N) is 1. The molecule has 1 N–H and O–H groups in total. The van der Waals surface area contributed by atoms with Crippen LogP contribution in [0.25, 0.3) is 44.2 Å². The summed E-state index contributed by atoms with van der Waals surface area (Å²) >= 11 is 0. The number of aromatic nitrogens is 2. The van der Waals surface area contributed by atoms with Crippen molar-refractivity contribution in [2.75, 3.05) is 7.11 Å². The van der Waals surface area contributed by atoms with Gasteiger partial charge in [0.15, 0.2) is 0 Å². The van der Waals surface area contributed by atoms with Crippen molar-refractivity contribution in [3.63, 3.8) is 0 Å². The summed E-state index contributed by atoms with van der Waals surface area (Å²) in [6.45, 7) is 0. The summed E-state index contributed by atoms with van der Waals surface area (Å²) in [6, 6.07) is 31.1. The number of fused-ring (bicyclic) bond motifs is 3. The fourth-order valence-corrected chi connectivity index (χ4v) is 4.95. The quantitative estimate of drug-likeness (QED) is 0.195. The average Bonchev–Trinajstić information content (AvgIpc) is 3.33. The molecule has 0 saturated carbocycles. The van der Waals surface area contributed by atoms with Crippen LogP contribution in [0.15, 0.2) is 103 Å². The fraction of sp³-hybridized carbons (Fsp3) is 0.0645. The third-order valence-electron chi connectivity index (χ3n) is 6.73. The maximum Gasteiger partial charge on any atom is 0.269 e. The van der Waals surface area contributed by atoms with Gasteiger partial charge in [-0.2, -0.15) is 0 Å². The van der Waals surface area contributed by atoms with Crippen molar-refractivity contribution >= 4 is 27.5 Å². The number of hydrogen-bond acceptors (Lipinski definition) is 4. The van der Waals surface area contributed by atoms with Gasteiger partial charge in [0.05, 0.1) is 23.2 Å². The Morgan fingerprint density at radius 3 is 2.30 bits per heavy atom. The van der Waals surface area contributed by atoms with Gasteiger partial charge in [-0.3, -0.25) is 15.1 Å². The molecule has 6 aromatic rings. The van der Waals surface area contributed by atoms with Crippen molar-refractivity contribution in [3.8, 4) is 28.1 Å². The number of nitro benzene ring substituents is 1. The minimum Gasteiger partial charge on any atom is -0.497 e. The highest BCUT2D eigenvalue weighted by Crippen LogP contribution is 2.40. The van der Waals surface area contributed by atoms with Gasteiger partial charge in [0.2, 0.25) is 0 Å². The molecule has 0 bridgehead atoms. The Bertz CT molecular complexity index is 1740. The van der Waals surface area contributed by atoms with Gasteiger partial charge in [0.1, 0.15) is 5.75 Å². The smallest absolute Gasteiger partial charge is 0.269 e. The molecule has 0 fully saturated rings. The lowest BCUT2D eigenvalue weighted by atomic mass is 9.95. The normalized spacial score (nSPS) is 11.2. The molecular weight excluding hydrogens is 462 g/mol. The van der Waals surface area contributed by atoms with E-state index in [1.54, 1.807) is 19.2 Å². The molecule has 2 heterocycles. The van der Waals surface area contributed by atoms with Gasteiger partial charge in [-0.05, 0) is 65.6 Å². The molecule has 37 heavy (non-hydrogen) atoms. The minimum absolute atomic E-state index is 0.0525. The largest absolute Gasteiger partial charge is 0.497 e. The Labute approximate surface area is 213 Å². The number of benzene rings is 4. The molecule has 4 aromatic carbocycles. The lowest BCUT2D eigenvalue weighted by Crippen LogP contribution is -1.93. The van der Waals surface area contributed by atoms with Gasteiger partial charge in [0, 0.05) is 45.7 Å². The van der Waals surface area contributed by atoms with Crippen molar-refractivity contribution in [1.82, 2.24) is 9.97 Å². The number of non-ortho nitro benzene ring substituents is 1. The van der Waals surface area contributed by atoms with Gasteiger partial charge in [-0.1, -0.05) is 42.5 Å². The highest BCUT2D eigenvalue weighted by atomic mass is 16.6. The lowest BCUT2D eigenvalue weighted by Gasteiger charge is -2.12. The third kappa shape index (κ3) is 4.08. The molecule has 0 aliphatic carbocycles. The predicted octanol–water partition coefficient (Wildman–Crippen LogP) is 7.56. The molecule has 2 aromatic heterocycles. The van der Waals surface area contributed by atoms with Gasteiger partial charge in [0.25, 0.3) is 5.69 Å². The summed E-state index contributed by atoms with van der Waals surface area (Å²) in [6.07, 6.45) is 2.73. The van der Waals surface area contributed by atoms with E-state index < -0.39 is 0 Å². The van der Waals surface area contributed by atoms with Crippen LogP contribution < -0.4 is 4.74 Å². The second-order valence-corrected chi connectivity index (χ2v) is 8.93. The number of H-pyrrole nitrogens is 1. The molecule has 0 aliphatic rings. The van der Waals surface area contributed by atoms with Gasteiger partial charge >= 0.3 is 0 Å². The number of nitrogens with zero attached hydrogens (tertiary/aromatic N) is 2. The van der Waals surface area contributed by atoms with Crippen LogP contribution in [0.2, 0.25) is 0 Å². The van der Waals surface area contributed by atoms with Gasteiger partial charge in [-0.25, -0.2) is 0 Å². The Morgan fingerprint density at radius 1 is 0.865 bits per heavy atom. The van der Waals surface area contributed by atoms with E-state index in [4.69, 9.17) is 9.72 Å². The molecule has 0 saturated heterocycles. The fourth-order valence-electron chi connectivity index (χ4n) is 4.95. The summed E-state index contributed by atoms with van der Waals surface area (Å²) in [5, 5.41) is 13.4. The third-order valence-corrected chi connectivity index (χ3v) is 6.73. The van der Waals surface area contributed by atoms with Crippen LogP contribution in [-0.2, 0) is 6.42 Å². The van der Waals surface area contributed by atoms with Crippen molar-refractivity contribution in [1.29, 1.82) is 0 Å². The Kier molecular flexibility index (Phi) is 5.62. The Balaban J connectivity index is 1.61. The SMILES string of the molecule is COc1ccc(-c2ncc3c([nH]c4cccc(Cc5ccccc5)c43)c2-c2ccc([N+](=O)[O-])cc2)cc1. The molecule has 6 heteroatoms. The number of hydrogen-bond donors (Lipinski definition) is 1. The zero-order chi connectivity index (χ0) is 25.4. The van der Waals surface area contributed by atoms with Crippen LogP contribution >= 0.6 is 0 Å². The number of methoxy groups -OCH3 is 1. The maximum absolute atomic E-state index is 11.3. The topological polar surface area (TPSA) is 81.0 Å². The van der Waals surface area contributed by atoms with Gasteiger partial charge in [-0.15, -0.1) is 0 Å². The number of ether oxygens (including phenoxy) is 1. The number of nitro groups is 1. The maximum atomic E-state index is 11.3. The van der Waals surface area contributed by atoms with E-state index in [1.165, 1.54) is 23.3 Å². The van der Waals surface area contributed by atoms with Crippen LogP contribution in [0.1, 0.15) is 11.1 Å². The van der Waals surface area contributed by atoms with Crippen molar-refractivity contribution in [3.05, 3.63) is 124 Å². The first-order valence-electron chi connectivity index (χ1n) is 12.0. The molecule has 0 atom stereocenters. The summed E-state index contributed by atoms with van der Waals surface area (Å²) in [5.41, 5.74) is 7.96. The van der Waals surface area contributed by atoms with Crippen molar-refractivity contribution in [2.45, 2.75) is 6.42 Å². The minimum atomic E-state index is -0.383. The zero-order valence-electron chi connectivity index (χ0n) is 20.1. The highest BCUT2D eigenvalue weighted by molar-refractivity contribution is 6.15. The van der Waals surface area contributed by atoms with E-state index in [0.717, 1.165) is 56.4 Å². The van der Waals surface area contributed by atoms with Gasteiger partial charge < -0.3 is 9.72 Å². The standard InChI is InChI=1S/C31H23N3O3/c1-37-25-16-12-22(13-17-25)30-29(21-10-14-24(15-11-21)34(35)36)31-26(19-32-30)28-23(8-5-9-27(28)33-31)18-20-6-3-2-4-7-20/h2-17,19,33H,18H2,1H3. The summed E-state index contributed by atoms with van der Waals surface area (Å²) < 4.78 is 5.34. The Morgan fingerprint density at radius 2 is 1.59 bits per heavy atom. The summed E-state index contributed by atoms with van der Waals surface area (Å²) in [5.74, 6) is 0.762. The molecule has 6 rings (SSSR count). The highest BCUT2D eigenvalue weighted by Gasteiger charge is 2.19. The van der Waals surface area contributed by atoms with Crippen molar-refractivity contribution < 1.29 is 9.66 Å². The second kappa shape index (κ2) is 9.24. The van der Waals surface area contributed by atoms with Crippen molar-refractivity contribution in [2.24, 2.45) is 0 Å². The summed E-state index contributed by atoms with van der Waals surface area (Å²) in [7, 11) is 1.64. The zero-order valence-corrected chi connectivity index (χ0v) is 20.1. The molecule has 0 aliphatic heterocycles.